The van der Waals surface area contributed by atoms with Crippen molar-refractivity contribution in [3.63, 3.8) is 0 Å². The zero-order chi connectivity index (χ0) is 19.5. The molecule has 0 spiro atoms. The SMILES string of the molecule is Cc1ccc(C2CC(=O)c3ccccc3N2C(=O)OCc2ccccc2)cc1. The first-order valence-corrected chi connectivity index (χ1v) is 9.32. The van der Waals surface area contributed by atoms with E-state index >= 15 is 0 Å². The largest absolute Gasteiger partial charge is 0.444 e. The predicted octanol–water partition coefficient (Wildman–Crippen LogP) is 5.47. The number of nitrogens with zero attached hydrogens (tertiary/aromatic N) is 1. The van der Waals surface area contributed by atoms with Gasteiger partial charge in [-0.2, -0.15) is 0 Å². The van der Waals surface area contributed by atoms with Gasteiger partial charge in [0, 0.05) is 12.0 Å². The molecule has 1 unspecified atom stereocenters. The number of benzene rings is 3. The van der Waals surface area contributed by atoms with Crippen molar-refractivity contribution in [1.29, 1.82) is 0 Å². The molecule has 4 rings (SSSR count). The van der Waals surface area contributed by atoms with Gasteiger partial charge in [0.1, 0.15) is 6.61 Å². The molecule has 0 saturated heterocycles. The van der Waals surface area contributed by atoms with Crippen LogP contribution in [0.25, 0.3) is 0 Å². The summed E-state index contributed by atoms with van der Waals surface area (Å²) in [4.78, 5) is 27.4. The summed E-state index contributed by atoms with van der Waals surface area (Å²) in [5, 5.41) is 0. The van der Waals surface area contributed by atoms with Gasteiger partial charge in [0.15, 0.2) is 5.78 Å². The van der Waals surface area contributed by atoms with E-state index in [1.165, 1.54) is 0 Å². The molecule has 3 aromatic carbocycles. The van der Waals surface area contributed by atoms with E-state index in [9.17, 15) is 9.59 Å². The summed E-state index contributed by atoms with van der Waals surface area (Å²) in [6, 6.07) is 24.3. The summed E-state index contributed by atoms with van der Waals surface area (Å²) in [5.41, 5.74) is 4.13. The van der Waals surface area contributed by atoms with Crippen LogP contribution in [0.2, 0.25) is 0 Å². The standard InChI is InChI=1S/C24H21NO3/c1-17-11-13-19(14-12-17)22-15-23(26)20-9-5-6-10-21(20)25(22)24(27)28-16-18-7-3-2-4-8-18/h2-14,22H,15-16H2,1H3. The lowest BCUT2D eigenvalue weighted by atomic mass is 9.90. The molecule has 1 amide bonds. The van der Waals surface area contributed by atoms with Crippen LogP contribution in [0.1, 0.15) is 39.5 Å². The Morgan fingerprint density at radius 1 is 0.964 bits per heavy atom. The molecule has 1 aliphatic heterocycles. The van der Waals surface area contributed by atoms with Crippen molar-refractivity contribution in [2.24, 2.45) is 0 Å². The van der Waals surface area contributed by atoms with Gasteiger partial charge in [0.25, 0.3) is 0 Å². The number of hydrogen-bond donors (Lipinski definition) is 0. The average Bonchev–Trinajstić information content (AvgIpc) is 2.73. The van der Waals surface area contributed by atoms with E-state index < -0.39 is 6.09 Å². The number of Topliss-reactive ketones (excluding diaryl/α,β-unsaturated/α-hetero) is 1. The Morgan fingerprint density at radius 2 is 1.64 bits per heavy atom. The summed E-state index contributed by atoms with van der Waals surface area (Å²) in [6.07, 6.45) is -0.213. The summed E-state index contributed by atoms with van der Waals surface area (Å²) in [5.74, 6) is 0.0354. The number of hydrogen-bond acceptors (Lipinski definition) is 3. The van der Waals surface area contributed by atoms with Crippen LogP contribution in [0.15, 0.2) is 78.9 Å². The smallest absolute Gasteiger partial charge is 0.415 e. The molecule has 1 atom stereocenters. The van der Waals surface area contributed by atoms with Crippen molar-refractivity contribution in [3.05, 3.63) is 101 Å². The Bertz CT molecular complexity index is 996. The highest BCUT2D eigenvalue weighted by atomic mass is 16.6. The number of amides is 1. The third-order valence-corrected chi connectivity index (χ3v) is 5.02. The lowest BCUT2D eigenvalue weighted by molar-refractivity contribution is 0.0961. The quantitative estimate of drug-likeness (QED) is 0.614. The fourth-order valence-corrected chi connectivity index (χ4v) is 3.53. The summed E-state index contributed by atoms with van der Waals surface area (Å²) in [6.45, 7) is 2.20. The molecule has 140 valence electrons. The highest BCUT2D eigenvalue weighted by Crippen LogP contribution is 2.39. The molecule has 3 aromatic rings. The van der Waals surface area contributed by atoms with Crippen LogP contribution < -0.4 is 4.90 Å². The number of carbonyl (C=O) groups is 2. The number of ether oxygens (including phenoxy) is 1. The first-order chi connectivity index (χ1) is 13.6. The maximum atomic E-state index is 13.1. The first kappa shape index (κ1) is 18.0. The Labute approximate surface area is 164 Å². The Morgan fingerprint density at radius 3 is 2.39 bits per heavy atom. The highest BCUT2D eigenvalue weighted by Gasteiger charge is 2.36. The number of ketones is 1. The van der Waals surface area contributed by atoms with Crippen LogP contribution in [-0.4, -0.2) is 11.9 Å². The van der Waals surface area contributed by atoms with Gasteiger partial charge in [0.2, 0.25) is 0 Å². The fraction of sp³-hybridized carbons (Fsp3) is 0.167. The molecule has 4 nitrogen and oxygen atoms in total. The van der Waals surface area contributed by atoms with E-state index in [4.69, 9.17) is 4.74 Å². The summed E-state index contributed by atoms with van der Waals surface area (Å²) >= 11 is 0. The Hall–Kier alpha value is -3.40. The van der Waals surface area contributed by atoms with E-state index in [2.05, 4.69) is 0 Å². The van der Waals surface area contributed by atoms with Crippen LogP contribution in [0.4, 0.5) is 10.5 Å². The van der Waals surface area contributed by atoms with Gasteiger partial charge in [-0.05, 0) is 30.2 Å². The van der Waals surface area contributed by atoms with E-state index in [1.54, 1.807) is 17.0 Å². The first-order valence-electron chi connectivity index (χ1n) is 9.32. The molecule has 0 saturated carbocycles. The average molecular weight is 371 g/mol. The van der Waals surface area contributed by atoms with Gasteiger partial charge in [0.05, 0.1) is 11.7 Å². The van der Waals surface area contributed by atoms with Gasteiger partial charge in [-0.1, -0.05) is 72.3 Å². The van der Waals surface area contributed by atoms with Gasteiger partial charge >= 0.3 is 6.09 Å². The fourth-order valence-electron chi connectivity index (χ4n) is 3.53. The number of aryl methyl sites for hydroxylation is 1. The molecule has 4 heteroatoms. The number of para-hydroxylation sites is 1. The topological polar surface area (TPSA) is 46.6 Å². The van der Waals surface area contributed by atoms with Crippen molar-refractivity contribution >= 4 is 17.6 Å². The van der Waals surface area contributed by atoms with Crippen molar-refractivity contribution < 1.29 is 14.3 Å². The maximum Gasteiger partial charge on any atom is 0.415 e. The van der Waals surface area contributed by atoms with E-state index in [0.717, 1.165) is 16.7 Å². The zero-order valence-corrected chi connectivity index (χ0v) is 15.7. The summed E-state index contributed by atoms with van der Waals surface area (Å²) in [7, 11) is 0. The van der Waals surface area contributed by atoms with Crippen molar-refractivity contribution in [2.75, 3.05) is 4.90 Å². The minimum absolute atomic E-state index is 0.0354. The molecule has 28 heavy (non-hydrogen) atoms. The monoisotopic (exact) mass is 371 g/mol. The van der Waals surface area contributed by atoms with E-state index in [0.29, 0.717) is 11.3 Å². The molecule has 0 bridgehead atoms. The molecular formula is C24H21NO3. The van der Waals surface area contributed by atoms with E-state index in [1.807, 2.05) is 73.7 Å². The van der Waals surface area contributed by atoms with Crippen molar-refractivity contribution in [2.45, 2.75) is 26.0 Å². The Kier molecular flexibility index (Phi) is 4.94. The normalized spacial score (nSPS) is 15.8. The number of carbonyl (C=O) groups excluding carboxylic acids is 2. The molecule has 0 N–H and O–H groups in total. The zero-order valence-electron chi connectivity index (χ0n) is 15.7. The number of rotatable bonds is 3. The second-order valence-electron chi connectivity index (χ2n) is 6.98. The van der Waals surface area contributed by atoms with Gasteiger partial charge in [-0.25, -0.2) is 4.79 Å². The van der Waals surface area contributed by atoms with Crippen molar-refractivity contribution in [1.82, 2.24) is 0 Å². The van der Waals surface area contributed by atoms with Crippen LogP contribution in [0.3, 0.4) is 0 Å². The van der Waals surface area contributed by atoms with Gasteiger partial charge in [-0.15, -0.1) is 0 Å². The minimum atomic E-state index is -0.450. The lowest BCUT2D eigenvalue weighted by Crippen LogP contribution is -2.40. The molecular weight excluding hydrogens is 350 g/mol. The molecule has 1 heterocycles. The van der Waals surface area contributed by atoms with Crippen LogP contribution in [0, 0.1) is 6.92 Å². The molecule has 0 aliphatic carbocycles. The second kappa shape index (κ2) is 7.69. The maximum absolute atomic E-state index is 13.1. The highest BCUT2D eigenvalue weighted by molar-refractivity contribution is 6.08. The van der Waals surface area contributed by atoms with Gasteiger partial charge in [-0.3, -0.25) is 9.69 Å². The second-order valence-corrected chi connectivity index (χ2v) is 6.98. The van der Waals surface area contributed by atoms with Crippen molar-refractivity contribution in [3.8, 4) is 0 Å². The predicted molar refractivity (Wildman–Crippen MR) is 108 cm³/mol. The molecule has 0 radical (unpaired) electrons. The Balaban J connectivity index is 1.68. The minimum Gasteiger partial charge on any atom is -0.444 e. The lowest BCUT2D eigenvalue weighted by Gasteiger charge is -2.36. The molecule has 1 aliphatic rings. The summed E-state index contributed by atoms with van der Waals surface area (Å²) < 4.78 is 5.61. The molecule has 0 fully saturated rings. The third-order valence-electron chi connectivity index (χ3n) is 5.02. The van der Waals surface area contributed by atoms with Crippen LogP contribution in [-0.2, 0) is 11.3 Å². The van der Waals surface area contributed by atoms with Crippen LogP contribution in [0.5, 0.6) is 0 Å². The number of fused-ring (bicyclic) bond motifs is 1. The number of anilines is 1. The van der Waals surface area contributed by atoms with Crippen LogP contribution >= 0.6 is 0 Å². The van der Waals surface area contributed by atoms with E-state index in [-0.39, 0.29) is 24.9 Å². The van der Waals surface area contributed by atoms with Gasteiger partial charge < -0.3 is 4.74 Å². The molecule has 0 aromatic heterocycles. The third kappa shape index (κ3) is 3.54.